The van der Waals surface area contributed by atoms with E-state index in [1.54, 1.807) is 0 Å². The fourth-order valence-corrected chi connectivity index (χ4v) is 3.51. The van der Waals surface area contributed by atoms with Gasteiger partial charge >= 0.3 is 0 Å². The minimum atomic E-state index is -0.796. The Morgan fingerprint density at radius 2 is 2.12 bits per heavy atom. The first kappa shape index (κ1) is 17.1. The van der Waals surface area contributed by atoms with Crippen molar-refractivity contribution < 1.29 is 9.84 Å². The molecule has 5 nitrogen and oxygen atoms in total. The molecule has 24 heavy (non-hydrogen) atoms. The third-order valence-electron chi connectivity index (χ3n) is 3.58. The molecule has 0 fully saturated rings. The van der Waals surface area contributed by atoms with Crippen LogP contribution >= 0.6 is 27.3 Å². The Morgan fingerprint density at radius 1 is 1.38 bits per heavy atom. The minimum absolute atomic E-state index is 0.107. The third kappa shape index (κ3) is 3.85. The number of aryl methyl sites for hydroxylation is 1. The average Bonchev–Trinajstić information content (AvgIpc) is 3.01. The second-order valence-corrected chi connectivity index (χ2v) is 7.44. The predicted octanol–water partition coefficient (Wildman–Crippen LogP) is 3.22. The van der Waals surface area contributed by atoms with Crippen LogP contribution in [0.25, 0.3) is 10.2 Å². The van der Waals surface area contributed by atoms with Crippen LogP contribution in [0.1, 0.15) is 11.8 Å². The van der Waals surface area contributed by atoms with Crippen LogP contribution in [0, 0.1) is 0 Å². The zero-order valence-electron chi connectivity index (χ0n) is 13.1. The molecule has 0 saturated carbocycles. The van der Waals surface area contributed by atoms with E-state index < -0.39 is 6.10 Å². The number of rotatable bonds is 6. The summed E-state index contributed by atoms with van der Waals surface area (Å²) in [7, 11) is 0. The quantitative estimate of drug-likeness (QED) is 0.679. The van der Waals surface area contributed by atoms with E-state index in [-0.39, 0.29) is 18.7 Å². The van der Waals surface area contributed by atoms with Gasteiger partial charge < -0.3 is 9.84 Å². The van der Waals surface area contributed by atoms with Gasteiger partial charge in [-0.2, -0.15) is 0 Å². The SMILES string of the molecule is CCc1cc2c(=O)n(C[C@H](O)COc3ccc(Br)cc3)cnc2s1. The molecule has 0 saturated heterocycles. The van der Waals surface area contributed by atoms with Crippen LogP contribution in [-0.4, -0.2) is 27.4 Å². The monoisotopic (exact) mass is 408 g/mol. The Labute approximate surface area is 151 Å². The maximum absolute atomic E-state index is 12.5. The van der Waals surface area contributed by atoms with Crippen molar-refractivity contribution in [1.82, 2.24) is 9.55 Å². The topological polar surface area (TPSA) is 64.4 Å². The largest absolute Gasteiger partial charge is 0.491 e. The number of halogens is 1. The van der Waals surface area contributed by atoms with Gasteiger partial charge in [0.05, 0.1) is 18.3 Å². The number of aromatic nitrogens is 2. The van der Waals surface area contributed by atoms with Crippen molar-refractivity contribution in [3.05, 3.63) is 56.4 Å². The molecule has 0 aliphatic carbocycles. The molecule has 7 heteroatoms. The summed E-state index contributed by atoms with van der Waals surface area (Å²) in [5.74, 6) is 0.670. The van der Waals surface area contributed by atoms with E-state index in [1.165, 1.54) is 22.2 Å². The van der Waals surface area contributed by atoms with Crippen LogP contribution in [-0.2, 0) is 13.0 Å². The smallest absolute Gasteiger partial charge is 0.262 e. The molecule has 0 aliphatic rings. The molecule has 2 heterocycles. The lowest BCUT2D eigenvalue weighted by atomic mass is 10.3. The van der Waals surface area contributed by atoms with Crippen molar-refractivity contribution in [2.45, 2.75) is 26.0 Å². The highest BCUT2D eigenvalue weighted by atomic mass is 79.9. The first-order valence-corrected chi connectivity index (χ1v) is 9.22. The Balaban J connectivity index is 1.68. The highest BCUT2D eigenvalue weighted by Gasteiger charge is 2.12. The van der Waals surface area contributed by atoms with Gasteiger partial charge in [-0.25, -0.2) is 4.98 Å². The van der Waals surface area contributed by atoms with Crippen molar-refractivity contribution in [3.63, 3.8) is 0 Å². The van der Waals surface area contributed by atoms with Gasteiger partial charge in [0.25, 0.3) is 5.56 Å². The molecule has 0 unspecified atom stereocenters. The maximum Gasteiger partial charge on any atom is 0.262 e. The van der Waals surface area contributed by atoms with E-state index >= 15 is 0 Å². The Morgan fingerprint density at radius 3 is 2.83 bits per heavy atom. The molecule has 0 bridgehead atoms. The third-order valence-corrected chi connectivity index (χ3v) is 5.30. The van der Waals surface area contributed by atoms with Crippen LogP contribution in [0.2, 0.25) is 0 Å². The van der Waals surface area contributed by atoms with Gasteiger partial charge in [0, 0.05) is 9.35 Å². The number of aliphatic hydroxyl groups excluding tert-OH is 1. The zero-order chi connectivity index (χ0) is 17.1. The lowest BCUT2D eigenvalue weighted by Gasteiger charge is -2.13. The van der Waals surface area contributed by atoms with E-state index in [2.05, 4.69) is 20.9 Å². The van der Waals surface area contributed by atoms with Crippen molar-refractivity contribution in [2.75, 3.05) is 6.61 Å². The lowest BCUT2D eigenvalue weighted by Crippen LogP contribution is -2.30. The molecule has 0 radical (unpaired) electrons. The minimum Gasteiger partial charge on any atom is -0.491 e. The molecule has 1 N–H and O–H groups in total. The van der Waals surface area contributed by atoms with Crippen LogP contribution in [0.15, 0.2) is 45.9 Å². The number of fused-ring (bicyclic) bond motifs is 1. The van der Waals surface area contributed by atoms with Gasteiger partial charge in [-0.3, -0.25) is 9.36 Å². The van der Waals surface area contributed by atoms with Crippen LogP contribution < -0.4 is 10.3 Å². The standard InChI is InChI=1S/C17H17BrN2O3S/c1-2-14-7-15-16(24-14)19-10-20(17(15)22)8-12(21)9-23-13-5-3-11(18)4-6-13/h3-7,10,12,21H,2,8-9H2,1H3/t12-/m0/s1. The van der Waals surface area contributed by atoms with E-state index in [0.29, 0.717) is 11.1 Å². The van der Waals surface area contributed by atoms with Gasteiger partial charge in [0.15, 0.2) is 0 Å². The number of ether oxygens (including phenoxy) is 1. The highest BCUT2D eigenvalue weighted by molar-refractivity contribution is 9.10. The van der Waals surface area contributed by atoms with E-state index in [4.69, 9.17) is 4.74 Å². The Bertz CT molecular complexity index is 889. The molecule has 3 rings (SSSR count). The summed E-state index contributed by atoms with van der Waals surface area (Å²) in [6.45, 7) is 2.30. The molecule has 1 aromatic carbocycles. The van der Waals surface area contributed by atoms with Gasteiger partial charge in [0.1, 0.15) is 23.3 Å². The Kier molecular flexibility index (Phi) is 5.33. The van der Waals surface area contributed by atoms with E-state index in [1.807, 2.05) is 37.3 Å². The molecular formula is C17H17BrN2O3S. The van der Waals surface area contributed by atoms with Gasteiger partial charge in [0.2, 0.25) is 0 Å². The lowest BCUT2D eigenvalue weighted by molar-refractivity contribution is 0.0915. The highest BCUT2D eigenvalue weighted by Crippen LogP contribution is 2.21. The Hall–Kier alpha value is -1.70. The summed E-state index contributed by atoms with van der Waals surface area (Å²) in [5.41, 5.74) is -0.126. The van der Waals surface area contributed by atoms with E-state index in [0.717, 1.165) is 20.6 Å². The number of aliphatic hydroxyl groups is 1. The second-order valence-electron chi connectivity index (χ2n) is 5.41. The van der Waals surface area contributed by atoms with Crippen molar-refractivity contribution in [1.29, 1.82) is 0 Å². The molecule has 0 amide bonds. The molecule has 0 spiro atoms. The summed E-state index contributed by atoms with van der Waals surface area (Å²) in [6.07, 6.45) is 1.57. The van der Waals surface area contributed by atoms with Crippen LogP contribution in [0.3, 0.4) is 0 Å². The second kappa shape index (κ2) is 7.46. The van der Waals surface area contributed by atoms with Gasteiger partial charge in [-0.05, 0) is 36.8 Å². The summed E-state index contributed by atoms with van der Waals surface area (Å²) >= 11 is 4.89. The van der Waals surface area contributed by atoms with Gasteiger partial charge in [-0.1, -0.05) is 22.9 Å². The maximum atomic E-state index is 12.5. The predicted molar refractivity (Wildman–Crippen MR) is 98.9 cm³/mol. The molecule has 126 valence electrons. The first-order valence-electron chi connectivity index (χ1n) is 7.61. The summed E-state index contributed by atoms with van der Waals surface area (Å²) in [6, 6.07) is 9.25. The zero-order valence-corrected chi connectivity index (χ0v) is 15.5. The van der Waals surface area contributed by atoms with Gasteiger partial charge in [-0.15, -0.1) is 11.3 Å². The molecule has 3 aromatic rings. The number of hydrogen-bond donors (Lipinski definition) is 1. The average molecular weight is 409 g/mol. The fraction of sp³-hybridized carbons (Fsp3) is 0.294. The number of thiophene rings is 1. The summed E-state index contributed by atoms with van der Waals surface area (Å²) < 4.78 is 7.94. The van der Waals surface area contributed by atoms with E-state index in [9.17, 15) is 9.90 Å². The van der Waals surface area contributed by atoms with Crippen LogP contribution in [0.4, 0.5) is 0 Å². The number of benzene rings is 1. The number of hydrogen-bond acceptors (Lipinski definition) is 5. The molecule has 2 aromatic heterocycles. The molecule has 1 atom stereocenters. The summed E-state index contributed by atoms with van der Waals surface area (Å²) in [4.78, 5) is 18.7. The molecular weight excluding hydrogens is 392 g/mol. The first-order chi connectivity index (χ1) is 11.6. The van der Waals surface area contributed by atoms with Crippen molar-refractivity contribution >= 4 is 37.5 Å². The molecule has 0 aliphatic heterocycles. The normalized spacial score (nSPS) is 12.5. The van der Waals surface area contributed by atoms with Crippen LogP contribution in [0.5, 0.6) is 5.75 Å². The van der Waals surface area contributed by atoms with Crippen molar-refractivity contribution in [2.24, 2.45) is 0 Å². The number of nitrogens with zero attached hydrogens (tertiary/aromatic N) is 2. The summed E-state index contributed by atoms with van der Waals surface area (Å²) in [5, 5.41) is 10.8. The van der Waals surface area contributed by atoms with Crippen molar-refractivity contribution in [3.8, 4) is 5.75 Å². The fourth-order valence-electron chi connectivity index (χ4n) is 2.32.